The van der Waals surface area contributed by atoms with Crippen LogP contribution in [0.5, 0.6) is 0 Å². The van der Waals surface area contributed by atoms with Crippen LogP contribution in [0.1, 0.15) is 23.2 Å². The maximum atomic E-state index is 12.5. The van der Waals surface area contributed by atoms with Crippen LogP contribution in [0.2, 0.25) is 5.02 Å². The Morgan fingerprint density at radius 3 is 2.32 bits per heavy atom. The lowest BCUT2D eigenvalue weighted by Crippen LogP contribution is -2.50. The molecule has 2 fully saturated rings. The molecule has 2 aromatic carbocycles. The van der Waals surface area contributed by atoms with E-state index < -0.39 is 0 Å². The van der Waals surface area contributed by atoms with Crippen LogP contribution in [-0.4, -0.2) is 49.1 Å². The van der Waals surface area contributed by atoms with Gasteiger partial charge in [-0.15, -0.1) is 0 Å². The normalized spacial score (nSPS) is 16.6. The van der Waals surface area contributed by atoms with Crippen molar-refractivity contribution in [1.29, 1.82) is 0 Å². The predicted octanol–water partition coefficient (Wildman–Crippen LogP) is 3.59. The minimum absolute atomic E-state index is 0.0579. The number of nitrogens with one attached hydrogen (secondary N) is 2. The molecule has 3 amide bonds. The molecular weight excluding hydrogens is 376 g/mol. The van der Waals surface area contributed by atoms with Gasteiger partial charge in [0.1, 0.15) is 0 Å². The average Bonchev–Trinajstić information content (AvgIpc) is 3.52. The van der Waals surface area contributed by atoms with Gasteiger partial charge in [0.05, 0.1) is 0 Å². The predicted molar refractivity (Wildman–Crippen MR) is 111 cm³/mol. The fourth-order valence-electron chi connectivity index (χ4n) is 3.24. The highest BCUT2D eigenvalue weighted by Crippen LogP contribution is 2.22. The third kappa shape index (κ3) is 4.57. The van der Waals surface area contributed by atoms with E-state index in [0.29, 0.717) is 35.4 Å². The monoisotopic (exact) mass is 398 g/mol. The van der Waals surface area contributed by atoms with Crippen molar-refractivity contribution in [3.63, 3.8) is 0 Å². The number of piperazine rings is 1. The Hall–Kier alpha value is -2.73. The van der Waals surface area contributed by atoms with Crippen molar-refractivity contribution in [2.45, 2.75) is 18.9 Å². The molecule has 0 radical (unpaired) electrons. The highest BCUT2D eigenvalue weighted by molar-refractivity contribution is 6.30. The molecule has 2 aromatic rings. The number of carbonyl (C=O) groups excluding carboxylic acids is 2. The summed E-state index contributed by atoms with van der Waals surface area (Å²) < 4.78 is 0. The van der Waals surface area contributed by atoms with Crippen LogP contribution in [0.15, 0.2) is 48.5 Å². The van der Waals surface area contributed by atoms with Gasteiger partial charge in [-0.1, -0.05) is 17.7 Å². The smallest absolute Gasteiger partial charge is 0.321 e. The first kappa shape index (κ1) is 18.6. The van der Waals surface area contributed by atoms with E-state index in [1.165, 1.54) is 0 Å². The van der Waals surface area contributed by atoms with Gasteiger partial charge in [0.25, 0.3) is 5.91 Å². The Bertz CT molecular complexity index is 859. The topological polar surface area (TPSA) is 64.7 Å². The first-order chi connectivity index (χ1) is 13.6. The molecule has 0 aromatic heterocycles. The molecule has 4 rings (SSSR count). The summed E-state index contributed by atoms with van der Waals surface area (Å²) in [6, 6.07) is 15.0. The maximum absolute atomic E-state index is 12.5. The summed E-state index contributed by atoms with van der Waals surface area (Å²) in [6.45, 7) is 2.79. The van der Waals surface area contributed by atoms with Crippen LogP contribution in [0.25, 0.3) is 0 Å². The second-order valence-electron chi connectivity index (χ2n) is 7.21. The lowest BCUT2D eigenvalue weighted by atomic mass is 10.2. The summed E-state index contributed by atoms with van der Waals surface area (Å²) in [4.78, 5) is 28.6. The van der Waals surface area contributed by atoms with Crippen LogP contribution >= 0.6 is 11.6 Å². The molecule has 1 aliphatic heterocycles. The molecular formula is C21H23ClN4O2. The number of hydrogen-bond acceptors (Lipinski definition) is 3. The van der Waals surface area contributed by atoms with Gasteiger partial charge < -0.3 is 20.4 Å². The molecule has 7 heteroatoms. The van der Waals surface area contributed by atoms with Crippen molar-refractivity contribution in [3.05, 3.63) is 59.1 Å². The van der Waals surface area contributed by atoms with E-state index in [1.807, 2.05) is 24.3 Å². The second-order valence-corrected chi connectivity index (χ2v) is 7.65. The maximum Gasteiger partial charge on any atom is 0.321 e. The zero-order chi connectivity index (χ0) is 19.5. The summed E-state index contributed by atoms with van der Waals surface area (Å²) in [7, 11) is 0. The number of hydrogen-bond donors (Lipinski definition) is 2. The molecule has 0 spiro atoms. The van der Waals surface area contributed by atoms with Crippen molar-refractivity contribution in [2.75, 3.05) is 36.4 Å². The molecule has 2 N–H and O–H groups in total. The Morgan fingerprint density at radius 1 is 0.964 bits per heavy atom. The largest absolute Gasteiger partial charge is 0.368 e. The van der Waals surface area contributed by atoms with Crippen LogP contribution in [0.4, 0.5) is 16.2 Å². The molecule has 2 aliphatic rings. The first-order valence-electron chi connectivity index (χ1n) is 9.56. The fourth-order valence-corrected chi connectivity index (χ4v) is 3.43. The number of anilines is 2. The molecule has 1 aliphatic carbocycles. The van der Waals surface area contributed by atoms with E-state index in [-0.39, 0.29) is 11.9 Å². The summed E-state index contributed by atoms with van der Waals surface area (Å²) in [6.07, 6.45) is 2.12. The molecule has 1 saturated carbocycles. The molecule has 146 valence electrons. The first-order valence-corrected chi connectivity index (χ1v) is 9.94. The standard InChI is InChI=1S/C21H23ClN4O2/c22-16-2-1-3-19(14-16)25-10-12-26(13-11-25)21(28)24-18-6-4-15(5-7-18)20(27)23-17-8-9-17/h1-7,14,17H,8-13H2,(H,23,27)(H,24,28). The fraction of sp³-hybridized carbons (Fsp3) is 0.333. The molecule has 1 saturated heterocycles. The molecule has 0 bridgehead atoms. The number of benzene rings is 2. The highest BCUT2D eigenvalue weighted by Gasteiger charge is 2.24. The highest BCUT2D eigenvalue weighted by atomic mass is 35.5. The van der Waals surface area contributed by atoms with Gasteiger partial charge in [0, 0.05) is 54.2 Å². The van der Waals surface area contributed by atoms with E-state index in [4.69, 9.17) is 11.6 Å². The third-order valence-corrected chi connectivity index (χ3v) is 5.29. The van der Waals surface area contributed by atoms with E-state index in [9.17, 15) is 9.59 Å². The number of rotatable bonds is 4. The summed E-state index contributed by atoms with van der Waals surface area (Å²) in [5.41, 5.74) is 2.37. The van der Waals surface area contributed by atoms with Gasteiger partial charge in [-0.2, -0.15) is 0 Å². The lowest BCUT2D eigenvalue weighted by Gasteiger charge is -2.36. The van der Waals surface area contributed by atoms with Gasteiger partial charge >= 0.3 is 6.03 Å². The van der Waals surface area contributed by atoms with Gasteiger partial charge in [0.15, 0.2) is 0 Å². The Morgan fingerprint density at radius 2 is 1.68 bits per heavy atom. The minimum Gasteiger partial charge on any atom is -0.368 e. The van der Waals surface area contributed by atoms with Gasteiger partial charge in [-0.05, 0) is 55.3 Å². The number of carbonyl (C=O) groups is 2. The van der Waals surface area contributed by atoms with E-state index in [2.05, 4.69) is 15.5 Å². The van der Waals surface area contributed by atoms with Gasteiger partial charge in [-0.3, -0.25) is 4.79 Å². The van der Waals surface area contributed by atoms with Gasteiger partial charge in [0.2, 0.25) is 0 Å². The van der Waals surface area contributed by atoms with Crippen molar-refractivity contribution in [2.24, 2.45) is 0 Å². The van der Waals surface area contributed by atoms with Crippen molar-refractivity contribution >= 4 is 34.9 Å². The van der Waals surface area contributed by atoms with Crippen molar-refractivity contribution in [3.8, 4) is 0 Å². The average molecular weight is 399 g/mol. The Kier molecular flexibility index (Phi) is 5.39. The summed E-state index contributed by atoms with van der Waals surface area (Å²) in [5.74, 6) is -0.0579. The summed E-state index contributed by atoms with van der Waals surface area (Å²) in [5, 5.41) is 6.58. The molecule has 1 heterocycles. The minimum atomic E-state index is -0.124. The SMILES string of the molecule is O=C(NC1CC1)c1ccc(NC(=O)N2CCN(c3cccc(Cl)c3)CC2)cc1. The zero-order valence-electron chi connectivity index (χ0n) is 15.5. The van der Waals surface area contributed by atoms with Crippen molar-refractivity contribution < 1.29 is 9.59 Å². The van der Waals surface area contributed by atoms with Crippen LogP contribution < -0.4 is 15.5 Å². The number of nitrogens with zero attached hydrogens (tertiary/aromatic N) is 2. The van der Waals surface area contributed by atoms with E-state index >= 15 is 0 Å². The molecule has 28 heavy (non-hydrogen) atoms. The Balaban J connectivity index is 1.29. The van der Waals surface area contributed by atoms with Gasteiger partial charge in [-0.25, -0.2) is 4.79 Å². The number of amides is 3. The van der Waals surface area contributed by atoms with E-state index in [1.54, 1.807) is 29.2 Å². The quantitative estimate of drug-likeness (QED) is 0.827. The molecule has 0 atom stereocenters. The zero-order valence-corrected chi connectivity index (χ0v) is 16.3. The molecule has 6 nitrogen and oxygen atoms in total. The summed E-state index contributed by atoms with van der Waals surface area (Å²) >= 11 is 6.07. The van der Waals surface area contributed by atoms with Crippen LogP contribution in [0.3, 0.4) is 0 Å². The Labute approximate surface area is 169 Å². The number of urea groups is 1. The van der Waals surface area contributed by atoms with Crippen LogP contribution in [-0.2, 0) is 0 Å². The second kappa shape index (κ2) is 8.10. The number of halogens is 1. The third-order valence-electron chi connectivity index (χ3n) is 5.05. The lowest BCUT2D eigenvalue weighted by molar-refractivity contribution is 0.0951. The van der Waals surface area contributed by atoms with Crippen molar-refractivity contribution in [1.82, 2.24) is 10.2 Å². The van der Waals surface area contributed by atoms with Crippen LogP contribution in [0, 0.1) is 0 Å². The molecule has 0 unspecified atom stereocenters. The van der Waals surface area contributed by atoms with E-state index in [0.717, 1.165) is 31.6 Å².